The molecule has 0 amide bonds. The van der Waals surface area contributed by atoms with Crippen LogP contribution < -0.4 is 10.6 Å². The molecule has 0 aromatic heterocycles. The second-order valence-corrected chi connectivity index (χ2v) is 4.57. The molecule has 15 heavy (non-hydrogen) atoms. The third-order valence-corrected chi connectivity index (χ3v) is 2.31. The van der Waals surface area contributed by atoms with Crippen LogP contribution in [-0.4, -0.2) is 19.1 Å². The van der Waals surface area contributed by atoms with E-state index in [0.717, 1.165) is 18.8 Å². The molecule has 0 aliphatic heterocycles. The number of hydrogen-bond acceptors (Lipinski definition) is 2. The van der Waals surface area contributed by atoms with Crippen LogP contribution in [-0.2, 0) is 0 Å². The Kier molecular flexibility index (Phi) is 5.23. The molecule has 0 saturated heterocycles. The van der Waals surface area contributed by atoms with E-state index in [-0.39, 0.29) is 0 Å². The van der Waals surface area contributed by atoms with Crippen molar-refractivity contribution in [1.29, 1.82) is 0 Å². The SMILES string of the molecule is CC(C)NCCNc1cc(Cl)cc(Cl)c1. The fraction of sp³-hybridized carbons (Fsp3) is 0.455. The van der Waals surface area contributed by atoms with E-state index in [1.165, 1.54) is 0 Å². The molecule has 0 fully saturated rings. The zero-order valence-corrected chi connectivity index (χ0v) is 10.5. The predicted molar refractivity (Wildman–Crippen MR) is 68.1 cm³/mol. The van der Waals surface area contributed by atoms with Crippen LogP contribution in [0, 0.1) is 0 Å². The number of rotatable bonds is 5. The van der Waals surface area contributed by atoms with Gasteiger partial charge in [0.15, 0.2) is 0 Å². The van der Waals surface area contributed by atoms with Crippen molar-refractivity contribution >= 4 is 28.9 Å². The van der Waals surface area contributed by atoms with Gasteiger partial charge in [0.05, 0.1) is 0 Å². The van der Waals surface area contributed by atoms with Crippen LogP contribution in [0.2, 0.25) is 10.0 Å². The van der Waals surface area contributed by atoms with Crippen molar-refractivity contribution in [1.82, 2.24) is 5.32 Å². The van der Waals surface area contributed by atoms with E-state index in [1.807, 2.05) is 12.1 Å². The zero-order valence-electron chi connectivity index (χ0n) is 8.98. The molecule has 0 aliphatic rings. The van der Waals surface area contributed by atoms with Crippen molar-refractivity contribution < 1.29 is 0 Å². The molecule has 0 aliphatic carbocycles. The van der Waals surface area contributed by atoms with E-state index >= 15 is 0 Å². The first-order valence-corrected chi connectivity index (χ1v) is 5.77. The lowest BCUT2D eigenvalue weighted by atomic mass is 10.3. The van der Waals surface area contributed by atoms with Gasteiger partial charge in [-0.25, -0.2) is 0 Å². The highest BCUT2D eigenvalue weighted by Gasteiger charge is 1.97. The molecule has 0 bridgehead atoms. The van der Waals surface area contributed by atoms with Crippen LogP contribution in [0.5, 0.6) is 0 Å². The molecule has 0 unspecified atom stereocenters. The minimum atomic E-state index is 0.509. The molecule has 0 atom stereocenters. The van der Waals surface area contributed by atoms with Gasteiger partial charge in [-0.3, -0.25) is 0 Å². The minimum Gasteiger partial charge on any atom is -0.384 e. The number of hydrogen-bond donors (Lipinski definition) is 2. The van der Waals surface area contributed by atoms with E-state index in [2.05, 4.69) is 24.5 Å². The molecular formula is C11H16Cl2N2. The van der Waals surface area contributed by atoms with Crippen molar-refractivity contribution in [3.63, 3.8) is 0 Å². The summed E-state index contributed by atoms with van der Waals surface area (Å²) < 4.78 is 0. The molecule has 0 heterocycles. The van der Waals surface area contributed by atoms with Gasteiger partial charge >= 0.3 is 0 Å². The maximum Gasteiger partial charge on any atom is 0.0441 e. The van der Waals surface area contributed by atoms with Crippen molar-refractivity contribution in [2.24, 2.45) is 0 Å². The lowest BCUT2D eigenvalue weighted by molar-refractivity contribution is 0.602. The Morgan fingerprint density at radius 3 is 2.20 bits per heavy atom. The number of halogens is 2. The fourth-order valence-electron chi connectivity index (χ4n) is 1.22. The van der Waals surface area contributed by atoms with Crippen LogP contribution in [0.3, 0.4) is 0 Å². The topological polar surface area (TPSA) is 24.1 Å². The van der Waals surface area contributed by atoms with E-state index in [9.17, 15) is 0 Å². The summed E-state index contributed by atoms with van der Waals surface area (Å²) in [6.07, 6.45) is 0. The molecule has 1 aromatic rings. The fourth-order valence-corrected chi connectivity index (χ4v) is 1.75. The van der Waals surface area contributed by atoms with Crippen molar-refractivity contribution in [3.05, 3.63) is 28.2 Å². The molecule has 0 spiro atoms. The highest BCUT2D eigenvalue weighted by Crippen LogP contribution is 2.21. The first-order valence-electron chi connectivity index (χ1n) is 5.01. The molecule has 84 valence electrons. The van der Waals surface area contributed by atoms with Crippen molar-refractivity contribution in [2.75, 3.05) is 18.4 Å². The van der Waals surface area contributed by atoms with Crippen LogP contribution in [0.4, 0.5) is 5.69 Å². The molecule has 2 nitrogen and oxygen atoms in total. The third kappa shape index (κ3) is 5.26. The monoisotopic (exact) mass is 246 g/mol. The van der Waals surface area contributed by atoms with E-state index in [0.29, 0.717) is 16.1 Å². The maximum atomic E-state index is 5.87. The molecule has 1 aromatic carbocycles. The average Bonchev–Trinajstić information content (AvgIpc) is 2.10. The zero-order chi connectivity index (χ0) is 11.3. The molecular weight excluding hydrogens is 231 g/mol. The summed E-state index contributed by atoms with van der Waals surface area (Å²) in [7, 11) is 0. The Morgan fingerprint density at radius 2 is 1.67 bits per heavy atom. The van der Waals surface area contributed by atoms with Crippen LogP contribution in [0.25, 0.3) is 0 Å². The van der Waals surface area contributed by atoms with Crippen molar-refractivity contribution in [3.8, 4) is 0 Å². The second kappa shape index (κ2) is 6.21. The van der Waals surface area contributed by atoms with Crippen LogP contribution in [0.1, 0.15) is 13.8 Å². The predicted octanol–water partition coefficient (Wildman–Crippen LogP) is 3.40. The van der Waals surface area contributed by atoms with Gasteiger partial charge in [-0.05, 0) is 18.2 Å². The highest BCUT2D eigenvalue weighted by atomic mass is 35.5. The van der Waals surface area contributed by atoms with Gasteiger partial charge in [-0.2, -0.15) is 0 Å². The number of nitrogens with one attached hydrogen (secondary N) is 2. The Labute approximate surface area is 101 Å². The average molecular weight is 247 g/mol. The quantitative estimate of drug-likeness (QED) is 0.779. The van der Waals surface area contributed by atoms with Gasteiger partial charge in [0.1, 0.15) is 0 Å². The maximum absolute atomic E-state index is 5.87. The van der Waals surface area contributed by atoms with Gasteiger partial charge in [0.2, 0.25) is 0 Å². The highest BCUT2D eigenvalue weighted by molar-refractivity contribution is 6.35. The third-order valence-electron chi connectivity index (χ3n) is 1.87. The van der Waals surface area contributed by atoms with Crippen LogP contribution >= 0.6 is 23.2 Å². The van der Waals surface area contributed by atoms with Gasteiger partial charge < -0.3 is 10.6 Å². The first-order chi connectivity index (χ1) is 7.08. The van der Waals surface area contributed by atoms with E-state index < -0.39 is 0 Å². The largest absolute Gasteiger partial charge is 0.384 e. The lowest BCUT2D eigenvalue weighted by Gasteiger charge is -2.10. The molecule has 4 heteroatoms. The Balaban J connectivity index is 2.37. The summed E-state index contributed by atoms with van der Waals surface area (Å²) in [6, 6.07) is 5.96. The first kappa shape index (κ1) is 12.6. The van der Waals surface area contributed by atoms with Gasteiger partial charge in [0.25, 0.3) is 0 Å². The second-order valence-electron chi connectivity index (χ2n) is 3.69. The summed E-state index contributed by atoms with van der Waals surface area (Å²) >= 11 is 11.7. The van der Waals surface area contributed by atoms with E-state index in [4.69, 9.17) is 23.2 Å². The van der Waals surface area contributed by atoms with Gasteiger partial charge in [0, 0.05) is 34.9 Å². The number of benzene rings is 1. The van der Waals surface area contributed by atoms with Gasteiger partial charge in [-0.1, -0.05) is 37.0 Å². The Hall–Kier alpha value is -0.440. The normalized spacial score (nSPS) is 10.7. The lowest BCUT2D eigenvalue weighted by Crippen LogP contribution is -2.28. The summed E-state index contributed by atoms with van der Waals surface area (Å²) in [5.41, 5.74) is 0.957. The van der Waals surface area contributed by atoms with Crippen molar-refractivity contribution in [2.45, 2.75) is 19.9 Å². The Bertz CT molecular complexity index is 293. The standard InChI is InChI=1S/C11H16Cl2N2/c1-8(2)14-3-4-15-11-6-9(12)5-10(13)7-11/h5-8,14-15H,3-4H2,1-2H3. The van der Waals surface area contributed by atoms with Gasteiger partial charge in [-0.15, -0.1) is 0 Å². The summed E-state index contributed by atoms with van der Waals surface area (Å²) in [5, 5.41) is 7.88. The number of anilines is 1. The Morgan fingerprint density at radius 1 is 1.07 bits per heavy atom. The smallest absolute Gasteiger partial charge is 0.0441 e. The molecule has 2 N–H and O–H groups in total. The van der Waals surface area contributed by atoms with Crippen LogP contribution in [0.15, 0.2) is 18.2 Å². The summed E-state index contributed by atoms with van der Waals surface area (Å²) in [5.74, 6) is 0. The summed E-state index contributed by atoms with van der Waals surface area (Å²) in [4.78, 5) is 0. The molecule has 0 radical (unpaired) electrons. The summed E-state index contributed by atoms with van der Waals surface area (Å²) in [6.45, 7) is 6.02. The van der Waals surface area contributed by atoms with E-state index in [1.54, 1.807) is 6.07 Å². The molecule has 1 rings (SSSR count). The molecule has 0 saturated carbocycles. The minimum absolute atomic E-state index is 0.509.